The van der Waals surface area contributed by atoms with Gasteiger partial charge >= 0.3 is 12.4 Å². The molecule has 0 radical (unpaired) electrons. The molecule has 2 aromatic heterocycles. The molecule has 0 amide bonds. The number of halogens is 7. The largest absolute Gasteiger partial charge is 0.481 e. The van der Waals surface area contributed by atoms with Crippen molar-refractivity contribution in [1.29, 1.82) is 0 Å². The minimum absolute atomic E-state index is 0. The first-order valence-electron chi connectivity index (χ1n) is 9.83. The Kier molecular flexibility index (Phi) is 12.8. The van der Waals surface area contributed by atoms with E-state index in [0.29, 0.717) is 25.6 Å². The Balaban J connectivity index is 0.000000623. The molecule has 0 bridgehead atoms. The third-order valence-corrected chi connectivity index (χ3v) is 4.45. The van der Waals surface area contributed by atoms with Gasteiger partial charge in [0.1, 0.15) is 0 Å². The van der Waals surface area contributed by atoms with E-state index in [1.807, 2.05) is 19.0 Å². The molecule has 0 spiro atoms. The van der Waals surface area contributed by atoms with Gasteiger partial charge in [0.25, 0.3) is 0 Å². The third kappa shape index (κ3) is 10.9. The fourth-order valence-corrected chi connectivity index (χ4v) is 2.70. The van der Waals surface area contributed by atoms with Crippen molar-refractivity contribution in [3.05, 3.63) is 57.1 Å². The Hall–Kier alpha value is -2.12. The zero-order valence-electron chi connectivity index (χ0n) is 19.5. The molecule has 6 nitrogen and oxygen atoms in total. The molecule has 2 aromatic rings. The molecule has 34 heavy (non-hydrogen) atoms. The number of hydrogen-bond acceptors (Lipinski definition) is 5. The standard InChI is InChI=1S/C11H15F3N2O.C10H13F3N2O.BrH/c1-16(2)5-4-8-7-15-10(17-3)6-9(8)11(12,13)14;1-15(2)4-3-7-6-14-9(16)5-8(7)10(11,12)13;/h6-7H,4-5H2,1-3H3;5-6H,3-4H2,1-2H3,(H,14,16);1H. The highest BCUT2D eigenvalue weighted by molar-refractivity contribution is 8.93. The van der Waals surface area contributed by atoms with Crippen LogP contribution in [0.2, 0.25) is 0 Å². The SMILES string of the molecule is Br.CN(C)CCc1c[nH]c(=O)cc1C(F)(F)F.COc1cc(C(F)(F)F)c(CCN(C)C)cn1. The summed E-state index contributed by atoms with van der Waals surface area (Å²) in [6.45, 7) is 1.03. The van der Waals surface area contributed by atoms with Crippen LogP contribution >= 0.6 is 17.0 Å². The number of aromatic nitrogens is 2. The van der Waals surface area contributed by atoms with Crippen LogP contribution in [-0.4, -0.2) is 68.2 Å². The summed E-state index contributed by atoms with van der Waals surface area (Å²) in [5.74, 6) is -0.0223. The van der Waals surface area contributed by atoms with Gasteiger partial charge in [0.2, 0.25) is 11.4 Å². The Labute approximate surface area is 204 Å². The Morgan fingerprint density at radius 1 is 0.882 bits per heavy atom. The Bertz CT molecular complexity index is 946. The van der Waals surface area contributed by atoms with Crippen molar-refractivity contribution in [2.24, 2.45) is 0 Å². The third-order valence-electron chi connectivity index (χ3n) is 4.45. The lowest BCUT2D eigenvalue weighted by molar-refractivity contribution is -0.139. The van der Waals surface area contributed by atoms with Gasteiger partial charge in [-0.15, -0.1) is 17.0 Å². The van der Waals surface area contributed by atoms with E-state index in [0.717, 1.165) is 12.3 Å². The molecule has 0 aliphatic carbocycles. The fourth-order valence-electron chi connectivity index (χ4n) is 2.70. The zero-order chi connectivity index (χ0) is 25.4. The lowest BCUT2D eigenvalue weighted by Gasteiger charge is -2.15. The summed E-state index contributed by atoms with van der Waals surface area (Å²) >= 11 is 0. The number of pyridine rings is 2. The second kappa shape index (κ2) is 13.7. The zero-order valence-corrected chi connectivity index (χ0v) is 21.2. The van der Waals surface area contributed by atoms with Gasteiger partial charge in [0.15, 0.2) is 0 Å². The number of H-pyrrole nitrogens is 1. The number of alkyl halides is 6. The first kappa shape index (κ1) is 31.9. The summed E-state index contributed by atoms with van der Waals surface area (Å²) in [5.41, 5.74) is -1.96. The summed E-state index contributed by atoms with van der Waals surface area (Å²) in [5, 5.41) is 0. The van der Waals surface area contributed by atoms with E-state index in [9.17, 15) is 31.1 Å². The highest BCUT2D eigenvalue weighted by Crippen LogP contribution is 2.34. The number of likely N-dealkylation sites (N-methyl/N-ethyl adjacent to an activating group) is 2. The lowest BCUT2D eigenvalue weighted by Crippen LogP contribution is -2.20. The first-order valence-corrected chi connectivity index (χ1v) is 9.83. The molecule has 0 aliphatic heterocycles. The smallest absolute Gasteiger partial charge is 0.416 e. The van der Waals surface area contributed by atoms with E-state index >= 15 is 0 Å². The molecule has 0 aromatic carbocycles. The summed E-state index contributed by atoms with van der Waals surface area (Å²) in [6.07, 6.45) is -5.94. The van der Waals surface area contributed by atoms with Crippen molar-refractivity contribution in [1.82, 2.24) is 19.8 Å². The molecule has 13 heteroatoms. The normalized spacial score (nSPS) is 11.7. The molecule has 1 N–H and O–H groups in total. The summed E-state index contributed by atoms with van der Waals surface area (Å²) in [7, 11) is 8.47. The topological polar surface area (TPSA) is 61.5 Å². The maximum Gasteiger partial charge on any atom is 0.416 e. The van der Waals surface area contributed by atoms with E-state index < -0.39 is 29.0 Å². The highest BCUT2D eigenvalue weighted by Gasteiger charge is 2.34. The van der Waals surface area contributed by atoms with E-state index in [1.165, 1.54) is 13.3 Å². The quantitative estimate of drug-likeness (QED) is 0.510. The van der Waals surface area contributed by atoms with Crippen LogP contribution in [0.15, 0.2) is 29.3 Å². The molecule has 194 valence electrons. The molecular formula is C21H29BrF6N4O2. The molecule has 2 heterocycles. The fraction of sp³-hybridized carbons (Fsp3) is 0.524. The van der Waals surface area contributed by atoms with Crippen molar-refractivity contribution < 1.29 is 31.1 Å². The van der Waals surface area contributed by atoms with Crippen molar-refractivity contribution in [3.63, 3.8) is 0 Å². The second-order valence-corrected chi connectivity index (χ2v) is 7.72. The molecule has 0 saturated heterocycles. The van der Waals surface area contributed by atoms with Gasteiger partial charge in [0, 0.05) is 37.6 Å². The van der Waals surface area contributed by atoms with Crippen molar-refractivity contribution in [2.45, 2.75) is 25.2 Å². The number of methoxy groups -OCH3 is 1. The molecular weight excluding hydrogens is 534 g/mol. The van der Waals surface area contributed by atoms with E-state index in [1.54, 1.807) is 19.0 Å². The van der Waals surface area contributed by atoms with Crippen molar-refractivity contribution in [2.75, 3.05) is 48.4 Å². The van der Waals surface area contributed by atoms with Gasteiger partial charge in [-0.05, 0) is 52.2 Å². The van der Waals surface area contributed by atoms with Crippen LogP contribution in [0, 0.1) is 0 Å². The minimum Gasteiger partial charge on any atom is -0.481 e. The van der Waals surface area contributed by atoms with E-state index in [4.69, 9.17) is 4.74 Å². The van der Waals surface area contributed by atoms with Crippen LogP contribution in [0.5, 0.6) is 5.88 Å². The van der Waals surface area contributed by atoms with Gasteiger partial charge in [-0.3, -0.25) is 4.79 Å². The van der Waals surface area contributed by atoms with Crippen LogP contribution in [0.25, 0.3) is 0 Å². The maximum absolute atomic E-state index is 12.8. The number of nitrogens with zero attached hydrogens (tertiary/aromatic N) is 3. The van der Waals surface area contributed by atoms with Crippen LogP contribution in [0.3, 0.4) is 0 Å². The van der Waals surface area contributed by atoms with Gasteiger partial charge < -0.3 is 19.5 Å². The van der Waals surface area contributed by atoms with Crippen molar-refractivity contribution >= 4 is 17.0 Å². The number of rotatable bonds is 7. The van der Waals surface area contributed by atoms with Gasteiger partial charge in [-0.1, -0.05) is 0 Å². The van der Waals surface area contributed by atoms with Crippen LogP contribution in [0.4, 0.5) is 26.3 Å². The minimum atomic E-state index is -4.48. The summed E-state index contributed by atoms with van der Waals surface area (Å²) in [4.78, 5) is 20.5. The number of hydrogen-bond donors (Lipinski definition) is 1. The first-order chi connectivity index (χ1) is 15.1. The number of ether oxygens (including phenoxy) is 1. The average molecular weight is 563 g/mol. The molecule has 2 rings (SSSR count). The highest BCUT2D eigenvalue weighted by atomic mass is 79.9. The monoisotopic (exact) mass is 562 g/mol. The molecule has 0 unspecified atom stereocenters. The van der Waals surface area contributed by atoms with Crippen LogP contribution in [-0.2, 0) is 25.2 Å². The lowest BCUT2D eigenvalue weighted by atomic mass is 10.1. The van der Waals surface area contributed by atoms with Gasteiger partial charge in [-0.2, -0.15) is 26.3 Å². The van der Waals surface area contributed by atoms with Crippen molar-refractivity contribution in [3.8, 4) is 5.88 Å². The summed E-state index contributed by atoms with van der Waals surface area (Å²) in [6, 6.07) is 1.54. The summed E-state index contributed by atoms with van der Waals surface area (Å²) < 4.78 is 80.8. The van der Waals surface area contributed by atoms with Gasteiger partial charge in [0.05, 0.1) is 18.2 Å². The number of aromatic amines is 1. The van der Waals surface area contributed by atoms with E-state index in [2.05, 4.69) is 9.97 Å². The average Bonchev–Trinajstić information content (AvgIpc) is 2.70. The molecule has 0 atom stereocenters. The molecule has 0 aliphatic rings. The molecule has 0 saturated carbocycles. The second-order valence-electron chi connectivity index (χ2n) is 7.72. The maximum atomic E-state index is 12.8. The van der Waals surface area contributed by atoms with E-state index in [-0.39, 0.29) is 40.4 Å². The predicted molar refractivity (Wildman–Crippen MR) is 123 cm³/mol. The predicted octanol–water partition coefficient (Wildman–Crippen LogP) is 4.29. The van der Waals surface area contributed by atoms with Crippen LogP contribution < -0.4 is 10.3 Å². The molecule has 0 fully saturated rings. The van der Waals surface area contributed by atoms with Crippen LogP contribution in [0.1, 0.15) is 22.3 Å². The number of nitrogens with one attached hydrogen (secondary N) is 1. The van der Waals surface area contributed by atoms with Gasteiger partial charge in [-0.25, -0.2) is 4.98 Å². The Morgan fingerprint density at radius 2 is 1.35 bits per heavy atom. The Morgan fingerprint density at radius 3 is 1.79 bits per heavy atom.